The predicted octanol–water partition coefficient (Wildman–Crippen LogP) is 0.860. The van der Waals surface area contributed by atoms with Crippen LogP contribution in [-0.4, -0.2) is 22.6 Å². The lowest BCUT2D eigenvalue weighted by atomic mass is 10.4. The van der Waals surface area contributed by atoms with Crippen molar-refractivity contribution >= 4 is 29.0 Å². The lowest BCUT2D eigenvalue weighted by Crippen LogP contribution is -2.45. The fourth-order valence-corrected chi connectivity index (χ4v) is 2.15. The molecule has 0 aliphatic carbocycles. The third-order valence-corrected chi connectivity index (χ3v) is 3.32. The molecule has 1 aromatic heterocycles. The van der Waals surface area contributed by atoms with Crippen molar-refractivity contribution in [2.24, 2.45) is 5.84 Å². The monoisotopic (exact) mass is 239 g/mol. The van der Waals surface area contributed by atoms with Gasteiger partial charge in [0.2, 0.25) is 0 Å². The van der Waals surface area contributed by atoms with Crippen LogP contribution >= 0.6 is 23.1 Å². The zero-order chi connectivity index (χ0) is 10.6. The molecule has 8 heteroatoms. The third kappa shape index (κ3) is 2.89. The van der Waals surface area contributed by atoms with Gasteiger partial charge in [-0.2, -0.15) is 8.78 Å². The minimum atomic E-state index is -3.47. The van der Waals surface area contributed by atoms with E-state index in [0.717, 1.165) is 11.8 Å². The third-order valence-electron chi connectivity index (χ3n) is 1.25. The van der Waals surface area contributed by atoms with Crippen molar-refractivity contribution in [3.63, 3.8) is 0 Å². The average molecular weight is 239 g/mol. The number of alkyl halides is 2. The molecule has 4 nitrogen and oxygen atoms in total. The summed E-state index contributed by atoms with van der Waals surface area (Å²) >= 11 is 2.06. The Kier molecular flexibility index (Phi) is 3.78. The average Bonchev–Trinajstić information content (AvgIpc) is 2.66. The van der Waals surface area contributed by atoms with Crippen LogP contribution < -0.4 is 11.3 Å². The van der Waals surface area contributed by atoms with Crippen LogP contribution in [0, 0.1) is 0 Å². The Balaban J connectivity index is 2.48. The summed E-state index contributed by atoms with van der Waals surface area (Å²) in [5.74, 6) is -1.01. The molecular weight excluding hydrogens is 232 g/mol. The number of carbonyl (C=O) groups is 1. The molecule has 0 spiro atoms. The number of thioether (sulfide) groups is 1. The van der Waals surface area contributed by atoms with Gasteiger partial charge in [0.25, 0.3) is 0 Å². The van der Waals surface area contributed by atoms with Gasteiger partial charge in [-0.15, -0.1) is 11.3 Å². The van der Waals surface area contributed by atoms with E-state index in [2.05, 4.69) is 10.8 Å². The van der Waals surface area contributed by atoms with Crippen molar-refractivity contribution in [2.45, 2.75) is 10.3 Å². The van der Waals surface area contributed by atoms with Gasteiger partial charge < -0.3 is 0 Å². The standard InChI is InChI=1S/C6H7F2N3OS2/c7-6(8,4(12)11-9)3-14-5-10-1-2-13-5/h1-2H,3,9H2,(H,11,12). The molecule has 0 saturated heterocycles. The molecule has 0 aliphatic rings. The number of hydrazine groups is 1. The van der Waals surface area contributed by atoms with Crippen molar-refractivity contribution in [2.75, 3.05) is 5.75 Å². The molecule has 0 bridgehead atoms. The summed E-state index contributed by atoms with van der Waals surface area (Å²) in [7, 11) is 0. The molecule has 0 aliphatic heterocycles. The Morgan fingerprint density at radius 1 is 1.79 bits per heavy atom. The zero-order valence-corrected chi connectivity index (χ0v) is 8.50. The molecule has 1 rings (SSSR count). The highest BCUT2D eigenvalue weighted by Crippen LogP contribution is 2.27. The first kappa shape index (κ1) is 11.3. The number of halogens is 2. The van der Waals surface area contributed by atoms with Crippen molar-refractivity contribution in [3.05, 3.63) is 11.6 Å². The highest BCUT2D eigenvalue weighted by molar-refractivity contribution is 8.01. The van der Waals surface area contributed by atoms with Crippen LogP contribution in [0.15, 0.2) is 15.9 Å². The van der Waals surface area contributed by atoms with E-state index in [1.54, 1.807) is 5.38 Å². The molecular formula is C6H7F2N3OS2. The maximum Gasteiger partial charge on any atom is 0.335 e. The van der Waals surface area contributed by atoms with E-state index in [-0.39, 0.29) is 0 Å². The molecule has 0 saturated carbocycles. The number of nitrogens with two attached hydrogens (primary N) is 1. The summed E-state index contributed by atoms with van der Waals surface area (Å²) in [5, 5.41) is 1.67. The number of hydrogen-bond donors (Lipinski definition) is 2. The Hall–Kier alpha value is -0.730. The van der Waals surface area contributed by atoms with Crippen LogP contribution in [0.1, 0.15) is 0 Å². The molecule has 3 N–H and O–H groups in total. The minimum absolute atomic E-state index is 0.495. The number of aromatic nitrogens is 1. The molecule has 1 heterocycles. The molecule has 0 atom stereocenters. The second-order valence-electron chi connectivity index (χ2n) is 2.26. The summed E-state index contributed by atoms with van der Waals surface area (Å²) in [4.78, 5) is 14.4. The summed E-state index contributed by atoms with van der Waals surface area (Å²) < 4.78 is 26.2. The number of thiazole rings is 1. The Bertz CT molecular complexity index is 304. The zero-order valence-electron chi connectivity index (χ0n) is 6.87. The van der Waals surface area contributed by atoms with Crippen LogP contribution in [0.3, 0.4) is 0 Å². The Labute approximate surface area is 86.9 Å². The van der Waals surface area contributed by atoms with E-state index in [1.165, 1.54) is 23.0 Å². The van der Waals surface area contributed by atoms with Gasteiger partial charge in [-0.3, -0.25) is 10.2 Å². The fraction of sp³-hybridized carbons (Fsp3) is 0.333. The smallest absolute Gasteiger partial charge is 0.289 e. The van der Waals surface area contributed by atoms with Gasteiger partial charge in [0.1, 0.15) is 4.34 Å². The van der Waals surface area contributed by atoms with Gasteiger partial charge >= 0.3 is 11.8 Å². The van der Waals surface area contributed by atoms with Crippen molar-refractivity contribution in [1.29, 1.82) is 0 Å². The highest BCUT2D eigenvalue weighted by Gasteiger charge is 2.38. The Morgan fingerprint density at radius 2 is 2.50 bits per heavy atom. The number of amides is 1. The van der Waals surface area contributed by atoms with Crippen LogP contribution in [0.4, 0.5) is 8.78 Å². The summed E-state index contributed by atoms with van der Waals surface area (Å²) in [6.45, 7) is 0. The second-order valence-corrected chi connectivity index (χ2v) is 4.38. The summed E-state index contributed by atoms with van der Waals surface area (Å²) in [5.41, 5.74) is 1.42. The number of nitrogens with one attached hydrogen (secondary N) is 1. The topological polar surface area (TPSA) is 68.0 Å². The molecule has 0 fully saturated rings. The largest absolute Gasteiger partial charge is 0.335 e. The van der Waals surface area contributed by atoms with Gasteiger partial charge in [0, 0.05) is 11.6 Å². The SMILES string of the molecule is NNC(=O)C(F)(F)CSc1nccs1. The van der Waals surface area contributed by atoms with E-state index >= 15 is 0 Å². The lowest BCUT2D eigenvalue weighted by Gasteiger charge is -2.12. The molecule has 78 valence electrons. The summed E-state index contributed by atoms with van der Waals surface area (Å²) in [6.07, 6.45) is 1.51. The van der Waals surface area contributed by atoms with Gasteiger partial charge in [0.15, 0.2) is 0 Å². The molecule has 0 aromatic carbocycles. The second kappa shape index (κ2) is 4.67. The first-order chi connectivity index (χ1) is 6.56. The summed E-state index contributed by atoms with van der Waals surface area (Å²) in [6, 6.07) is 0. The number of hydrogen-bond acceptors (Lipinski definition) is 5. The lowest BCUT2D eigenvalue weighted by molar-refractivity contribution is -0.142. The number of carbonyl (C=O) groups excluding carboxylic acids is 1. The molecule has 1 aromatic rings. The normalized spacial score (nSPS) is 11.4. The maximum absolute atomic E-state index is 12.9. The van der Waals surface area contributed by atoms with E-state index < -0.39 is 17.6 Å². The van der Waals surface area contributed by atoms with Gasteiger partial charge in [-0.1, -0.05) is 11.8 Å². The van der Waals surface area contributed by atoms with E-state index in [9.17, 15) is 13.6 Å². The van der Waals surface area contributed by atoms with Crippen molar-refractivity contribution < 1.29 is 13.6 Å². The van der Waals surface area contributed by atoms with Crippen LogP contribution in [0.25, 0.3) is 0 Å². The maximum atomic E-state index is 12.9. The Morgan fingerprint density at radius 3 is 3.00 bits per heavy atom. The molecule has 14 heavy (non-hydrogen) atoms. The number of nitrogens with zero attached hydrogens (tertiary/aromatic N) is 1. The van der Waals surface area contributed by atoms with Crippen molar-refractivity contribution in [3.8, 4) is 0 Å². The van der Waals surface area contributed by atoms with Crippen molar-refractivity contribution in [1.82, 2.24) is 10.4 Å². The van der Waals surface area contributed by atoms with Crippen LogP contribution in [0.2, 0.25) is 0 Å². The quantitative estimate of drug-likeness (QED) is 0.354. The highest BCUT2D eigenvalue weighted by atomic mass is 32.2. The van der Waals surface area contributed by atoms with Gasteiger partial charge in [0.05, 0.1) is 5.75 Å². The number of rotatable bonds is 4. The molecule has 0 radical (unpaired) electrons. The van der Waals surface area contributed by atoms with E-state index in [0.29, 0.717) is 4.34 Å². The fourth-order valence-electron chi connectivity index (χ4n) is 0.605. The minimum Gasteiger partial charge on any atom is -0.289 e. The van der Waals surface area contributed by atoms with Crippen LogP contribution in [0.5, 0.6) is 0 Å². The van der Waals surface area contributed by atoms with Gasteiger partial charge in [-0.25, -0.2) is 10.8 Å². The molecule has 0 unspecified atom stereocenters. The van der Waals surface area contributed by atoms with E-state index in [4.69, 9.17) is 0 Å². The first-order valence-corrected chi connectivity index (χ1v) is 5.34. The van der Waals surface area contributed by atoms with Crippen LogP contribution in [-0.2, 0) is 4.79 Å². The first-order valence-electron chi connectivity index (χ1n) is 3.47. The predicted molar refractivity (Wildman–Crippen MR) is 50.1 cm³/mol. The van der Waals surface area contributed by atoms with E-state index in [1.807, 2.05) is 0 Å². The molecule has 1 amide bonds. The van der Waals surface area contributed by atoms with Gasteiger partial charge in [-0.05, 0) is 0 Å².